The maximum Gasteiger partial charge on any atom is 0.262 e. The third-order valence-electron chi connectivity index (χ3n) is 3.40. The highest BCUT2D eigenvalue weighted by molar-refractivity contribution is 7.19. The topological polar surface area (TPSA) is 7.12 Å². The van der Waals surface area contributed by atoms with E-state index in [1.54, 1.807) is 0 Å². The Kier molecular flexibility index (Phi) is 6.00. The molecule has 0 saturated carbocycles. The zero-order valence-electron chi connectivity index (χ0n) is 12.9. The molecule has 3 aromatic rings. The van der Waals surface area contributed by atoms with Crippen molar-refractivity contribution in [2.45, 2.75) is 13.5 Å². The Hall–Kier alpha value is -0.920. The fourth-order valence-electron chi connectivity index (χ4n) is 2.33. The minimum absolute atomic E-state index is 0. The molecule has 0 unspecified atom stereocenters. The standard InChI is InChI=1S/C17H19N2S2.HI/c1-4-19-14-7-5-6-8-15(14)21-17(19)12-10-13-9-11-16(20-13)18(2)3;/h5-12H,4H2,1-3H3;1H/q+1;/p-1. The van der Waals surface area contributed by atoms with Crippen LogP contribution in [0.25, 0.3) is 22.4 Å². The third-order valence-corrected chi connectivity index (χ3v) is 5.75. The van der Waals surface area contributed by atoms with Gasteiger partial charge in [0.05, 0.1) is 5.00 Å². The molecule has 2 heterocycles. The smallest absolute Gasteiger partial charge is 0.262 e. The molecule has 2 nitrogen and oxygen atoms in total. The van der Waals surface area contributed by atoms with Gasteiger partial charge >= 0.3 is 0 Å². The van der Waals surface area contributed by atoms with E-state index < -0.39 is 0 Å². The number of halogens is 1. The van der Waals surface area contributed by atoms with Crippen LogP contribution in [-0.2, 0) is 6.54 Å². The van der Waals surface area contributed by atoms with Gasteiger partial charge in [-0.3, -0.25) is 0 Å². The van der Waals surface area contributed by atoms with Gasteiger partial charge in [-0.1, -0.05) is 23.5 Å². The summed E-state index contributed by atoms with van der Waals surface area (Å²) < 4.78 is 3.72. The molecule has 0 fully saturated rings. The van der Waals surface area contributed by atoms with Crippen LogP contribution in [0.4, 0.5) is 5.00 Å². The molecule has 0 atom stereocenters. The first-order chi connectivity index (χ1) is 10.2. The van der Waals surface area contributed by atoms with E-state index in [0.717, 1.165) is 6.54 Å². The predicted octanol–water partition coefficient (Wildman–Crippen LogP) is 1.51. The van der Waals surface area contributed by atoms with Crippen LogP contribution in [0.2, 0.25) is 0 Å². The van der Waals surface area contributed by atoms with Crippen molar-refractivity contribution in [3.05, 3.63) is 46.3 Å². The number of nitrogens with zero attached hydrogens (tertiary/aromatic N) is 2. The molecule has 0 aliphatic rings. The first kappa shape index (κ1) is 17.4. The van der Waals surface area contributed by atoms with Crippen LogP contribution < -0.4 is 33.4 Å². The zero-order chi connectivity index (χ0) is 14.8. The molecular weight excluding hydrogens is 423 g/mol. The quantitative estimate of drug-likeness (QED) is 0.439. The van der Waals surface area contributed by atoms with E-state index in [9.17, 15) is 0 Å². The summed E-state index contributed by atoms with van der Waals surface area (Å²) in [5.74, 6) is 0. The Balaban J connectivity index is 0.00000176. The molecule has 0 radical (unpaired) electrons. The Morgan fingerprint density at radius 2 is 1.82 bits per heavy atom. The van der Waals surface area contributed by atoms with Gasteiger partial charge in [-0.2, -0.15) is 4.57 Å². The van der Waals surface area contributed by atoms with Crippen LogP contribution in [0.15, 0.2) is 36.4 Å². The van der Waals surface area contributed by atoms with Gasteiger partial charge in [0.1, 0.15) is 11.2 Å². The Morgan fingerprint density at radius 1 is 1.05 bits per heavy atom. The summed E-state index contributed by atoms with van der Waals surface area (Å²) in [6.07, 6.45) is 4.45. The van der Waals surface area contributed by atoms with Crippen molar-refractivity contribution in [1.29, 1.82) is 0 Å². The van der Waals surface area contributed by atoms with Crippen molar-refractivity contribution in [3.63, 3.8) is 0 Å². The molecule has 0 amide bonds. The van der Waals surface area contributed by atoms with E-state index in [-0.39, 0.29) is 24.0 Å². The van der Waals surface area contributed by atoms with E-state index in [1.165, 1.54) is 25.1 Å². The molecule has 0 bridgehead atoms. The van der Waals surface area contributed by atoms with E-state index in [2.05, 4.69) is 79.0 Å². The summed E-state index contributed by atoms with van der Waals surface area (Å²) in [6, 6.07) is 13.0. The summed E-state index contributed by atoms with van der Waals surface area (Å²) in [4.78, 5) is 3.44. The highest BCUT2D eigenvalue weighted by Gasteiger charge is 2.15. The molecule has 116 valence electrons. The van der Waals surface area contributed by atoms with Gasteiger partial charge in [0.25, 0.3) is 5.01 Å². The molecule has 0 saturated heterocycles. The maximum atomic E-state index is 2.37. The number of hydrogen-bond donors (Lipinski definition) is 0. The highest BCUT2D eigenvalue weighted by Crippen LogP contribution is 2.27. The first-order valence-electron chi connectivity index (χ1n) is 7.05. The number of anilines is 1. The molecule has 0 N–H and O–H groups in total. The Labute approximate surface area is 156 Å². The SMILES string of the molecule is CC[n+]1c(/C=C/c2ccc(N(C)C)s2)sc2ccccc21.[I-]. The lowest BCUT2D eigenvalue weighted by atomic mass is 10.3. The van der Waals surface area contributed by atoms with Crippen LogP contribution in [0.3, 0.4) is 0 Å². The Morgan fingerprint density at radius 3 is 2.50 bits per heavy atom. The van der Waals surface area contributed by atoms with Crippen LogP contribution in [-0.4, -0.2) is 14.1 Å². The summed E-state index contributed by atoms with van der Waals surface area (Å²) in [7, 11) is 4.16. The maximum absolute atomic E-state index is 2.37. The van der Waals surface area contributed by atoms with Crippen molar-refractivity contribution in [2.24, 2.45) is 0 Å². The molecule has 0 spiro atoms. The Bertz CT molecular complexity index is 787. The number of para-hydroxylation sites is 1. The lowest BCUT2D eigenvalue weighted by Crippen LogP contribution is -3.00. The summed E-state index contributed by atoms with van der Waals surface area (Å²) >= 11 is 3.67. The van der Waals surface area contributed by atoms with Gasteiger partial charge in [0.15, 0.2) is 0 Å². The molecule has 22 heavy (non-hydrogen) atoms. The lowest BCUT2D eigenvalue weighted by molar-refractivity contribution is -0.665. The number of benzene rings is 1. The predicted molar refractivity (Wildman–Crippen MR) is 95.3 cm³/mol. The first-order valence-corrected chi connectivity index (χ1v) is 8.69. The van der Waals surface area contributed by atoms with Crippen LogP contribution >= 0.6 is 22.7 Å². The number of thiazole rings is 1. The number of thiophene rings is 1. The third kappa shape index (κ3) is 3.52. The van der Waals surface area contributed by atoms with Crippen LogP contribution in [0, 0.1) is 0 Å². The molecular formula is C17H19IN2S2. The van der Waals surface area contributed by atoms with Gasteiger partial charge in [-0.25, -0.2) is 0 Å². The van der Waals surface area contributed by atoms with Crippen molar-refractivity contribution >= 4 is 50.0 Å². The molecule has 1 aromatic carbocycles. The second-order valence-electron chi connectivity index (χ2n) is 5.06. The molecule has 0 aliphatic carbocycles. The van der Waals surface area contributed by atoms with E-state index in [1.807, 2.05) is 22.7 Å². The number of rotatable bonds is 4. The molecule has 2 aromatic heterocycles. The van der Waals surface area contributed by atoms with Gasteiger partial charge < -0.3 is 28.9 Å². The number of aromatic nitrogens is 1. The van der Waals surface area contributed by atoms with Crippen LogP contribution in [0.5, 0.6) is 0 Å². The number of fused-ring (bicyclic) bond motifs is 1. The number of aryl methyl sites for hydroxylation is 1. The molecule has 5 heteroatoms. The molecule has 3 rings (SSSR count). The summed E-state index contributed by atoms with van der Waals surface area (Å²) in [5, 5.41) is 2.59. The van der Waals surface area contributed by atoms with E-state index >= 15 is 0 Å². The van der Waals surface area contributed by atoms with Gasteiger partial charge in [-0.05, 0) is 31.2 Å². The minimum Gasteiger partial charge on any atom is -1.00 e. The van der Waals surface area contributed by atoms with Crippen molar-refractivity contribution in [2.75, 3.05) is 19.0 Å². The average molecular weight is 442 g/mol. The van der Waals surface area contributed by atoms with E-state index in [0.29, 0.717) is 0 Å². The minimum atomic E-state index is 0. The fraction of sp³-hybridized carbons (Fsp3) is 0.235. The average Bonchev–Trinajstić information content (AvgIpc) is 3.09. The van der Waals surface area contributed by atoms with Crippen molar-refractivity contribution in [1.82, 2.24) is 0 Å². The monoisotopic (exact) mass is 442 g/mol. The molecule has 0 aliphatic heterocycles. The summed E-state index contributed by atoms with van der Waals surface area (Å²) in [6.45, 7) is 3.20. The normalized spacial score (nSPS) is 11.0. The fourth-order valence-corrected chi connectivity index (χ4v) is 4.29. The van der Waals surface area contributed by atoms with Crippen LogP contribution in [0.1, 0.15) is 16.8 Å². The van der Waals surface area contributed by atoms with Gasteiger partial charge in [-0.15, -0.1) is 11.3 Å². The van der Waals surface area contributed by atoms with E-state index in [4.69, 9.17) is 0 Å². The second-order valence-corrected chi connectivity index (χ2v) is 7.21. The lowest BCUT2D eigenvalue weighted by Gasteiger charge is -2.06. The largest absolute Gasteiger partial charge is 1.00 e. The van der Waals surface area contributed by atoms with Gasteiger partial charge in [0, 0.05) is 31.1 Å². The summed E-state index contributed by atoms with van der Waals surface area (Å²) in [5.41, 5.74) is 1.32. The van der Waals surface area contributed by atoms with Gasteiger partial charge in [0.2, 0.25) is 5.52 Å². The zero-order valence-corrected chi connectivity index (χ0v) is 16.7. The van der Waals surface area contributed by atoms with Crippen molar-refractivity contribution < 1.29 is 28.5 Å². The highest BCUT2D eigenvalue weighted by atomic mass is 127. The van der Waals surface area contributed by atoms with Crippen molar-refractivity contribution in [3.8, 4) is 0 Å². The second kappa shape index (κ2) is 7.57. The number of hydrogen-bond acceptors (Lipinski definition) is 3.